The van der Waals surface area contributed by atoms with E-state index in [1.807, 2.05) is 7.05 Å². The van der Waals surface area contributed by atoms with Gasteiger partial charge in [0.1, 0.15) is 5.82 Å². The third kappa shape index (κ3) is 0.783. The van der Waals surface area contributed by atoms with Crippen molar-refractivity contribution in [3.05, 3.63) is 11.3 Å². The number of aromatic nitrogens is 2. The molecule has 2 heterocycles. The number of rotatable bonds is 0. The molecule has 3 N–H and O–H groups in total. The Morgan fingerprint density at radius 2 is 2.25 bits per heavy atom. The summed E-state index contributed by atoms with van der Waals surface area (Å²) < 4.78 is 1.74. The van der Waals surface area contributed by atoms with E-state index in [1.54, 1.807) is 4.68 Å². The lowest BCUT2D eigenvalue weighted by Gasteiger charge is -2.16. The highest BCUT2D eigenvalue weighted by molar-refractivity contribution is 5.48. The summed E-state index contributed by atoms with van der Waals surface area (Å²) in [5.41, 5.74) is 8.05. The molecule has 1 aliphatic heterocycles. The third-order valence-corrected chi connectivity index (χ3v) is 2.49. The van der Waals surface area contributed by atoms with Crippen molar-refractivity contribution in [3.8, 4) is 0 Å². The van der Waals surface area contributed by atoms with Crippen molar-refractivity contribution in [1.82, 2.24) is 15.1 Å². The van der Waals surface area contributed by atoms with E-state index in [2.05, 4.69) is 24.3 Å². The molecule has 12 heavy (non-hydrogen) atoms. The summed E-state index contributed by atoms with van der Waals surface area (Å²) in [4.78, 5) is 0. The number of fused-ring (bicyclic) bond motifs is 1. The van der Waals surface area contributed by atoms with Gasteiger partial charge in [-0.25, -0.2) is 0 Å². The zero-order valence-corrected chi connectivity index (χ0v) is 7.68. The van der Waals surface area contributed by atoms with E-state index in [4.69, 9.17) is 5.73 Å². The van der Waals surface area contributed by atoms with Crippen LogP contribution in [-0.4, -0.2) is 9.78 Å². The Balaban J connectivity index is 2.61. The summed E-state index contributed by atoms with van der Waals surface area (Å²) in [6.07, 6.45) is 0. The second kappa shape index (κ2) is 2.01. The van der Waals surface area contributed by atoms with Crippen LogP contribution in [0.4, 0.5) is 5.82 Å². The Morgan fingerprint density at radius 1 is 1.58 bits per heavy atom. The first-order valence-electron chi connectivity index (χ1n) is 4.09. The molecule has 0 atom stereocenters. The van der Waals surface area contributed by atoms with Crippen LogP contribution in [0.25, 0.3) is 0 Å². The summed E-state index contributed by atoms with van der Waals surface area (Å²) in [5.74, 6) is 0.781. The molecular weight excluding hydrogens is 152 g/mol. The lowest BCUT2D eigenvalue weighted by molar-refractivity contribution is 0.423. The molecule has 2 rings (SSSR count). The quantitative estimate of drug-likeness (QED) is 0.584. The van der Waals surface area contributed by atoms with Crippen molar-refractivity contribution < 1.29 is 0 Å². The van der Waals surface area contributed by atoms with Crippen LogP contribution in [0.5, 0.6) is 0 Å². The molecule has 0 saturated heterocycles. The van der Waals surface area contributed by atoms with Gasteiger partial charge in [0.25, 0.3) is 0 Å². The molecule has 0 aliphatic carbocycles. The van der Waals surface area contributed by atoms with Gasteiger partial charge in [-0.1, -0.05) is 0 Å². The maximum absolute atomic E-state index is 5.84. The SMILES string of the molecule is Cn1nc2c(c1N)CNC2(C)C. The molecular formula is C8H14N4. The number of aryl methyl sites for hydroxylation is 1. The van der Waals surface area contributed by atoms with E-state index in [1.165, 1.54) is 0 Å². The second-order valence-corrected chi connectivity index (χ2v) is 3.81. The maximum Gasteiger partial charge on any atom is 0.126 e. The monoisotopic (exact) mass is 166 g/mol. The molecule has 1 aliphatic rings. The predicted octanol–water partition coefficient (Wildman–Crippen LogP) is 0.341. The Morgan fingerprint density at radius 3 is 2.83 bits per heavy atom. The summed E-state index contributed by atoms with van der Waals surface area (Å²) in [6.45, 7) is 5.07. The minimum atomic E-state index is -0.0231. The second-order valence-electron chi connectivity index (χ2n) is 3.81. The molecule has 0 unspecified atom stereocenters. The number of hydrogen-bond acceptors (Lipinski definition) is 3. The van der Waals surface area contributed by atoms with Crippen molar-refractivity contribution in [3.63, 3.8) is 0 Å². The van der Waals surface area contributed by atoms with E-state index in [-0.39, 0.29) is 5.54 Å². The van der Waals surface area contributed by atoms with Crippen LogP contribution < -0.4 is 11.1 Å². The molecule has 4 heteroatoms. The van der Waals surface area contributed by atoms with E-state index < -0.39 is 0 Å². The molecule has 0 bridgehead atoms. The average molecular weight is 166 g/mol. The molecule has 0 fully saturated rings. The number of nitrogens with zero attached hydrogens (tertiary/aromatic N) is 2. The number of nitrogens with one attached hydrogen (secondary N) is 1. The zero-order chi connectivity index (χ0) is 8.93. The predicted molar refractivity (Wildman–Crippen MR) is 47.5 cm³/mol. The highest BCUT2D eigenvalue weighted by atomic mass is 15.3. The van der Waals surface area contributed by atoms with Crippen LogP contribution in [-0.2, 0) is 19.1 Å². The molecule has 0 spiro atoms. The minimum Gasteiger partial charge on any atom is -0.384 e. The lowest BCUT2D eigenvalue weighted by atomic mass is 10.0. The van der Waals surface area contributed by atoms with Crippen molar-refractivity contribution >= 4 is 5.82 Å². The molecule has 0 saturated carbocycles. The number of nitrogens with two attached hydrogens (primary N) is 1. The van der Waals surface area contributed by atoms with Gasteiger partial charge in [0.15, 0.2) is 0 Å². The molecule has 66 valence electrons. The maximum atomic E-state index is 5.84. The molecule has 4 nitrogen and oxygen atoms in total. The lowest BCUT2D eigenvalue weighted by Crippen LogP contribution is -2.30. The average Bonchev–Trinajstić information content (AvgIpc) is 2.40. The van der Waals surface area contributed by atoms with E-state index >= 15 is 0 Å². The number of nitrogen functional groups attached to an aromatic ring is 1. The van der Waals surface area contributed by atoms with Crippen LogP contribution >= 0.6 is 0 Å². The first-order valence-corrected chi connectivity index (χ1v) is 4.09. The first-order chi connectivity index (χ1) is 5.52. The van der Waals surface area contributed by atoms with Gasteiger partial charge in [0.05, 0.1) is 11.2 Å². The Kier molecular flexibility index (Phi) is 1.28. The van der Waals surface area contributed by atoms with Crippen molar-refractivity contribution in [1.29, 1.82) is 0 Å². The summed E-state index contributed by atoms with van der Waals surface area (Å²) in [7, 11) is 1.88. The van der Waals surface area contributed by atoms with E-state index in [9.17, 15) is 0 Å². The third-order valence-electron chi connectivity index (χ3n) is 2.49. The van der Waals surface area contributed by atoms with Gasteiger partial charge in [-0.2, -0.15) is 5.10 Å². The van der Waals surface area contributed by atoms with Crippen LogP contribution in [0.15, 0.2) is 0 Å². The van der Waals surface area contributed by atoms with Gasteiger partial charge in [0, 0.05) is 19.2 Å². The summed E-state index contributed by atoms with van der Waals surface area (Å²) >= 11 is 0. The van der Waals surface area contributed by atoms with Crippen molar-refractivity contribution in [2.45, 2.75) is 25.9 Å². The highest BCUT2D eigenvalue weighted by Crippen LogP contribution is 2.32. The van der Waals surface area contributed by atoms with Gasteiger partial charge in [-0.15, -0.1) is 0 Å². The Bertz CT molecular complexity index is 324. The molecule has 0 amide bonds. The normalized spacial score (nSPS) is 19.6. The summed E-state index contributed by atoms with van der Waals surface area (Å²) in [5, 5.41) is 7.73. The van der Waals surface area contributed by atoms with Gasteiger partial charge in [0.2, 0.25) is 0 Å². The fourth-order valence-electron chi connectivity index (χ4n) is 1.65. The number of anilines is 1. The fraction of sp³-hybridized carbons (Fsp3) is 0.625. The van der Waals surface area contributed by atoms with Gasteiger partial charge >= 0.3 is 0 Å². The zero-order valence-electron chi connectivity index (χ0n) is 7.68. The van der Waals surface area contributed by atoms with Gasteiger partial charge in [-0.05, 0) is 13.8 Å². The number of hydrogen-bond donors (Lipinski definition) is 2. The van der Waals surface area contributed by atoms with Gasteiger partial charge in [-0.3, -0.25) is 4.68 Å². The van der Waals surface area contributed by atoms with Crippen molar-refractivity contribution in [2.24, 2.45) is 7.05 Å². The smallest absolute Gasteiger partial charge is 0.126 e. The molecule has 1 aromatic heterocycles. The van der Waals surface area contributed by atoms with Crippen LogP contribution in [0.3, 0.4) is 0 Å². The highest BCUT2D eigenvalue weighted by Gasteiger charge is 2.34. The molecule has 0 aromatic carbocycles. The van der Waals surface area contributed by atoms with Crippen LogP contribution in [0, 0.1) is 0 Å². The fourth-order valence-corrected chi connectivity index (χ4v) is 1.65. The molecule has 0 radical (unpaired) electrons. The minimum absolute atomic E-state index is 0.0231. The molecule has 1 aromatic rings. The van der Waals surface area contributed by atoms with Gasteiger partial charge < -0.3 is 11.1 Å². The largest absolute Gasteiger partial charge is 0.384 e. The van der Waals surface area contributed by atoms with Crippen LogP contribution in [0.1, 0.15) is 25.1 Å². The Labute approximate surface area is 71.7 Å². The van der Waals surface area contributed by atoms with Crippen molar-refractivity contribution in [2.75, 3.05) is 5.73 Å². The standard InChI is InChI=1S/C8H14N4/c1-8(2)6-5(4-10-8)7(9)12(3)11-6/h10H,4,9H2,1-3H3. The van der Waals surface area contributed by atoms with E-state index in [0.717, 1.165) is 23.6 Å². The van der Waals surface area contributed by atoms with E-state index in [0.29, 0.717) is 0 Å². The summed E-state index contributed by atoms with van der Waals surface area (Å²) in [6, 6.07) is 0. The van der Waals surface area contributed by atoms with Crippen LogP contribution in [0.2, 0.25) is 0 Å². The topological polar surface area (TPSA) is 55.9 Å². The Hall–Kier alpha value is -1.03. The first kappa shape index (κ1) is 7.61.